The van der Waals surface area contributed by atoms with E-state index in [-0.39, 0.29) is 29.5 Å². The fourth-order valence-corrected chi connectivity index (χ4v) is 6.39. The zero-order valence-corrected chi connectivity index (χ0v) is 22.4. The first-order valence-electron chi connectivity index (χ1n) is 12.9. The number of piperazine rings is 1. The fourth-order valence-electron chi connectivity index (χ4n) is 6.00. The molecule has 4 rings (SSSR count). The van der Waals surface area contributed by atoms with E-state index in [1.165, 1.54) is 0 Å². The van der Waals surface area contributed by atoms with E-state index in [0.29, 0.717) is 28.3 Å². The number of carbonyl (C=O) groups excluding carboxylic acids is 1. The Hall–Kier alpha value is -1.14. The third-order valence-corrected chi connectivity index (χ3v) is 8.73. The van der Waals surface area contributed by atoms with E-state index >= 15 is 0 Å². The Morgan fingerprint density at radius 1 is 1.18 bits per heavy atom. The molecule has 0 spiro atoms. The number of amides is 1. The van der Waals surface area contributed by atoms with Crippen molar-refractivity contribution in [1.82, 2.24) is 15.1 Å². The van der Waals surface area contributed by atoms with E-state index < -0.39 is 0 Å². The van der Waals surface area contributed by atoms with Crippen molar-refractivity contribution >= 4 is 35.3 Å². The van der Waals surface area contributed by atoms with Crippen LogP contribution in [-0.2, 0) is 4.79 Å². The van der Waals surface area contributed by atoms with Crippen LogP contribution in [0.4, 0.5) is 0 Å². The van der Waals surface area contributed by atoms with Crippen LogP contribution < -0.4 is 5.32 Å². The second-order valence-electron chi connectivity index (χ2n) is 11.3. The minimum Gasteiger partial charge on any atom is -0.337 e. The largest absolute Gasteiger partial charge is 0.337 e. The number of halogens is 2. The highest BCUT2D eigenvalue weighted by Gasteiger charge is 2.43. The average molecular weight is 508 g/mol. The number of dihydropyridines is 1. The highest BCUT2D eigenvalue weighted by atomic mass is 35.5. The molecule has 1 aliphatic carbocycles. The third-order valence-electron chi connectivity index (χ3n) is 7.94. The summed E-state index contributed by atoms with van der Waals surface area (Å²) in [4.78, 5) is 23.1. The molecule has 1 amide bonds. The van der Waals surface area contributed by atoms with Crippen LogP contribution in [0.2, 0.25) is 0 Å². The summed E-state index contributed by atoms with van der Waals surface area (Å²) in [7, 11) is 0. The SMILES string of the molecule is CC(C)(C)C1CN(C(C2C=C(Cl)C(Cl)=CC2)C2CC=CC=N2)CCN1C(=O)CC1CCNCC1. The molecule has 0 bridgehead atoms. The number of allylic oxidation sites excluding steroid dienone is 4. The van der Waals surface area contributed by atoms with Gasteiger partial charge in [0.2, 0.25) is 5.91 Å². The molecular formula is C27H40Cl2N4O. The van der Waals surface area contributed by atoms with Crippen LogP contribution in [-0.4, -0.2) is 72.8 Å². The molecule has 0 aromatic heterocycles. The Bertz CT molecular complexity index is 853. The minimum absolute atomic E-state index is 0.00794. The standard InChI is InChI=1S/C27H40Cl2N4O/c1-27(2,3)24-18-32(14-15-33(24)25(34)16-19-9-12-30-13-10-19)26(23-6-4-5-11-31-23)20-7-8-21(28)22(29)17-20/h4-5,8,11,17,19-20,23-24,26,30H,6-7,9-10,12-16,18H2,1-3H3. The minimum atomic E-state index is -0.00794. The van der Waals surface area contributed by atoms with Gasteiger partial charge < -0.3 is 10.2 Å². The molecule has 3 heterocycles. The maximum atomic E-state index is 13.5. The monoisotopic (exact) mass is 506 g/mol. The maximum Gasteiger partial charge on any atom is 0.223 e. The van der Waals surface area contributed by atoms with Crippen molar-refractivity contribution in [3.63, 3.8) is 0 Å². The van der Waals surface area contributed by atoms with Crippen LogP contribution in [0.3, 0.4) is 0 Å². The predicted molar refractivity (Wildman–Crippen MR) is 143 cm³/mol. The summed E-state index contributed by atoms with van der Waals surface area (Å²) in [6.07, 6.45) is 15.0. The predicted octanol–water partition coefficient (Wildman–Crippen LogP) is 4.97. The molecule has 2 saturated heterocycles. The van der Waals surface area contributed by atoms with Gasteiger partial charge in [0.05, 0.1) is 16.1 Å². The van der Waals surface area contributed by atoms with E-state index in [0.717, 1.165) is 58.4 Å². The average Bonchev–Trinajstić information content (AvgIpc) is 2.82. The molecule has 0 aromatic rings. The van der Waals surface area contributed by atoms with Crippen LogP contribution in [0.25, 0.3) is 0 Å². The zero-order valence-electron chi connectivity index (χ0n) is 20.9. The first kappa shape index (κ1) is 25.9. The number of aliphatic imine (C=N–C) groups is 1. The highest BCUT2D eigenvalue weighted by Crippen LogP contribution is 2.37. The van der Waals surface area contributed by atoms with Crippen LogP contribution in [0.15, 0.2) is 39.4 Å². The molecule has 4 aliphatic rings. The van der Waals surface area contributed by atoms with Crippen molar-refractivity contribution in [2.45, 2.75) is 71.0 Å². The Balaban J connectivity index is 1.53. The van der Waals surface area contributed by atoms with Gasteiger partial charge in [0.25, 0.3) is 0 Å². The summed E-state index contributed by atoms with van der Waals surface area (Å²) in [5.74, 6) is 1.09. The Labute approximate surface area is 215 Å². The van der Waals surface area contributed by atoms with Gasteiger partial charge in [0.15, 0.2) is 0 Å². The van der Waals surface area contributed by atoms with Crippen LogP contribution in [0.5, 0.6) is 0 Å². The maximum absolute atomic E-state index is 13.5. The van der Waals surface area contributed by atoms with Gasteiger partial charge in [-0.2, -0.15) is 0 Å². The number of hydrogen-bond acceptors (Lipinski definition) is 4. The van der Waals surface area contributed by atoms with E-state index in [2.05, 4.69) is 48.0 Å². The van der Waals surface area contributed by atoms with Gasteiger partial charge in [-0.15, -0.1) is 0 Å². The summed E-state index contributed by atoms with van der Waals surface area (Å²) in [5.41, 5.74) is -0.00794. The summed E-state index contributed by atoms with van der Waals surface area (Å²) in [6.45, 7) is 11.4. The van der Waals surface area contributed by atoms with Gasteiger partial charge in [0, 0.05) is 44.4 Å². The van der Waals surface area contributed by atoms with Crippen LogP contribution in [0.1, 0.15) is 52.9 Å². The second kappa shape index (κ2) is 11.3. The molecule has 7 heteroatoms. The van der Waals surface area contributed by atoms with Crippen LogP contribution in [0, 0.1) is 17.3 Å². The van der Waals surface area contributed by atoms with Crippen molar-refractivity contribution < 1.29 is 4.79 Å². The van der Waals surface area contributed by atoms with Gasteiger partial charge in [-0.25, -0.2) is 0 Å². The summed E-state index contributed by atoms with van der Waals surface area (Å²) in [5, 5.41) is 4.70. The lowest BCUT2D eigenvalue weighted by Gasteiger charge is -2.51. The Morgan fingerprint density at radius 2 is 1.94 bits per heavy atom. The summed E-state index contributed by atoms with van der Waals surface area (Å²) in [6, 6.07) is 0.573. The smallest absolute Gasteiger partial charge is 0.223 e. The lowest BCUT2D eigenvalue weighted by molar-refractivity contribution is -0.142. The first-order valence-corrected chi connectivity index (χ1v) is 13.7. The number of nitrogens with one attached hydrogen (secondary N) is 1. The number of piperidine rings is 1. The molecule has 0 radical (unpaired) electrons. The van der Waals surface area contributed by atoms with E-state index in [4.69, 9.17) is 28.2 Å². The Morgan fingerprint density at radius 3 is 2.59 bits per heavy atom. The normalized spacial score (nSPS) is 30.1. The highest BCUT2D eigenvalue weighted by molar-refractivity contribution is 6.44. The van der Waals surface area contributed by atoms with Gasteiger partial charge >= 0.3 is 0 Å². The fraction of sp³-hybridized carbons (Fsp3) is 0.704. The van der Waals surface area contributed by atoms with Crippen molar-refractivity contribution in [3.8, 4) is 0 Å². The van der Waals surface area contributed by atoms with E-state index in [1.807, 2.05) is 18.4 Å². The van der Waals surface area contributed by atoms with E-state index in [1.54, 1.807) is 0 Å². The number of carbonyl (C=O) groups is 1. The topological polar surface area (TPSA) is 47.9 Å². The van der Waals surface area contributed by atoms with Crippen molar-refractivity contribution in [2.24, 2.45) is 22.2 Å². The molecule has 4 atom stereocenters. The summed E-state index contributed by atoms with van der Waals surface area (Å²) < 4.78 is 0. The molecule has 2 fully saturated rings. The summed E-state index contributed by atoms with van der Waals surface area (Å²) >= 11 is 12.8. The second-order valence-corrected chi connectivity index (χ2v) is 12.2. The molecule has 1 N–H and O–H groups in total. The van der Waals surface area contributed by atoms with E-state index in [9.17, 15) is 4.79 Å². The molecule has 34 heavy (non-hydrogen) atoms. The van der Waals surface area contributed by atoms with Gasteiger partial charge in [-0.1, -0.05) is 62.2 Å². The molecule has 188 valence electrons. The quantitative estimate of drug-likeness (QED) is 0.572. The van der Waals surface area contributed by atoms with Crippen molar-refractivity contribution in [2.75, 3.05) is 32.7 Å². The van der Waals surface area contributed by atoms with Crippen molar-refractivity contribution in [1.29, 1.82) is 0 Å². The van der Waals surface area contributed by atoms with Gasteiger partial charge in [0.1, 0.15) is 0 Å². The molecule has 5 nitrogen and oxygen atoms in total. The molecular weight excluding hydrogens is 467 g/mol. The number of rotatable bonds is 5. The molecule has 0 saturated carbocycles. The lowest BCUT2D eigenvalue weighted by atomic mass is 9.80. The lowest BCUT2D eigenvalue weighted by Crippen LogP contribution is -2.63. The number of nitrogens with zero attached hydrogens (tertiary/aromatic N) is 3. The van der Waals surface area contributed by atoms with Crippen LogP contribution >= 0.6 is 23.2 Å². The van der Waals surface area contributed by atoms with Crippen molar-refractivity contribution in [3.05, 3.63) is 34.4 Å². The molecule has 0 aromatic carbocycles. The first-order chi connectivity index (χ1) is 16.2. The Kier molecular flexibility index (Phi) is 8.61. The molecule has 4 unspecified atom stereocenters. The zero-order chi connectivity index (χ0) is 24.3. The molecule has 3 aliphatic heterocycles. The van der Waals surface area contributed by atoms with Gasteiger partial charge in [-0.3, -0.25) is 14.7 Å². The third kappa shape index (κ3) is 6.16. The number of hydrogen-bond donors (Lipinski definition) is 1. The van der Waals surface area contributed by atoms with Gasteiger partial charge in [-0.05, 0) is 62.1 Å².